The van der Waals surface area contributed by atoms with E-state index in [4.69, 9.17) is 9.47 Å². The Bertz CT molecular complexity index is 1260. The Hall–Kier alpha value is -3.20. The minimum absolute atomic E-state index is 0.0810. The largest absolute Gasteiger partial charge is 0.493 e. The molecule has 2 N–H and O–H groups in total. The van der Waals surface area contributed by atoms with Crippen LogP contribution in [0.3, 0.4) is 0 Å². The van der Waals surface area contributed by atoms with Gasteiger partial charge in [0.15, 0.2) is 11.5 Å². The maximum Gasteiger partial charge on any atom is 0.416 e. The second kappa shape index (κ2) is 9.45. The SMILES string of the molecule is COc1ccc([C@H]2c3c(Br)ccc(C(=O)O)c3N[C@@H](c3ccc(C(F)(F)F)cc3)[C@@H]2C)cc1OC. The van der Waals surface area contributed by atoms with Crippen LogP contribution in [-0.2, 0) is 6.18 Å². The highest BCUT2D eigenvalue weighted by Gasteiger charge is 2.39. The number of methoxy groups -OCH3 is 2. The minimum Gasteiger partial charge on any atom is -0.493 e. The topological polar surface area (TPSA) is 67.8 Å². The van der Waals surface area contributed by atoms with Gasteiger partial charge in [-0.1, -0.05) is 41.1 Å². The summed E-state index contributed by atoms with van der Waals surface area (Å²) in [5.74, 6) is -0.498. The van der Waals surface area contributed by atoms with Crippen molar-refractivity contribution in [1.82, 2.24) is 0 Å². The molecule has 0 saturated carbocycles. The van der Waals surface area contributed by atoms with E-state index in [9.17, 15) is 23.1 Å². The molecule has 0 fully saturated rings. The lowest BCUT2D eigenvalue weighted by Crippen LogP contribution is -2.32. The van der Waals surface area contributed by atoms with Gasteiger partial charge in [-0.05, 0) is 59.0 Å². The molecule has 0 spiro atoms. The molecule has 3 aromatic rings. The first-order valence-electron chi connectivity index (χ1n) is 10.8. The Balaban J connectivity index is 1.90. The molecule has 0 unspecified atom stereocenters. The van der Waals surface area contributed by atoms with Gasteiger partial charge in [-0.2, -0.15) is 13.2 Å². The number of carboxylic acid groups (broad SMARTS) is 1. The van der Waals surface area contributed by atoms with Crippen molar-refractivity contribution in [3.63, 3.8) is 0 Å². The molecular weight excluding hydrogens is 527 g/mol. The summed E-state index contributed by atoms with van der Waals surface area (Å²) in [5, 5.41) is 13.2. The molecule has 1 heterocycles. The van der Waals surface area contributed by atoms with Crippen LogP contribution < -0.4 is 14.8 Å². The van der Waals surface area contributed by atoms with Gasteiger partial charge in [0.25, 0.3) is 0 Å². The molecule has 1 aliphatic heterocycles. The first-order valence-corrected chi connectivity index (χ1v) is 11.6. The molecule has 3 aromatic carbocycles. The van der Waals surface area contributed by atoms with E-state index in [1.807, 2.05) is 19.1 Å². The fourth-order valence-corrected chi connectivity index (χ4v) is 5.33. The summed E-state index contributed by atoms with van der Waals surface area (Å²) in [7, 11) is 3.07. The number of hydrogen-bond donors (Lipinski definition) is 2. The van der Waals surface area contributed by atoms with E-state index in [-0.39, 0.29) is 17.4 Å². The van der Waals surface area contributed by atoms with Gasteiger partial charge in [0.1, 0.15) is 0 Å². The highest BCUT2D eigenvalue weighted by molar-refractivity contribution is 9.10. The van der Waals surface area contributed by atoms with Crippen molar-refractivity contribution in [2.75, 3.05) is 19.5 Å². The molecule has 184 valence electrons. The smallest absolute Gasteiger partial charge is 0.416 e. The summed E-state index contributed by atoms with van der Waals surface area (Å²) in [6.45, 7) is 1.99. The second-order valence-electron chi connectivity index (χ2n) is 8.38. The highest BCUT2D eigenvalue weighted by Crippen LogP contribution is 2.52. The fourth-order valence-electron chi connectivity index (χ4n) is 4.76. The number of rotatable bonds is 5. The number of ether oxygens (including phenoxy) is 2. The number of fused-ring (bicyclic) bond motifs is 1. The number of benzene rings is 3. The molecule has 1 aliphatic rings. The van der Waals surface area contributed by atoms with Gasteiger partial charge in [0.05, 0.1) is 37.1 Å². The number of carboxylic acids is 1. The second-order valence-corrected chi connectivity index (χ2v) is 9.24. The average molecular weight is 550 g/mol. The first kappa shape index (κ1) is 24.9. The van der Waals surface area contributed by atoms with Gasteiger partial charge >= 0.3 is 12.1 Å². The molecule has 35 heavy (non-hydrogen) atoms. The number of carbonyl (C=O) groups is 1. The van der Waals surface area contributed by atoms with Crippen molar-refractivity contribution >= 4 is 27.6 Å². The van der Waals surface area contributed by atoms with Crippen molar-refractivity contribution < 1.29 is 32.5 Å². The lowest BCUT2D eigenvalue weighted by molar-refractivity contribution is -0.137. The molecular formula is C26H23BrF3NO4. The van der Waals surface area contributed by atoms with Crippen molar-refractivity contribution in [3.05, 3.63) is 86.9 Å². The number of alkyl halides is 3. The Morgan fingerprint density at radius 2 is 1.60 bits per heavy atom. The normalized spacial score (nSPS) is 19.5. The molecule has 0 amide bonds. The number of anilines is 1. The zero-order valence-corrected chi connectivity index (χ0v) is 20.7. The van der Waals surface area contributed by atoms with Gasteiger partial charge in [0, 0.05) is 10.4 Å². The number of aromatic carboxylic acids is 1. The maximum atomic E-state index is 13.1. The summed E-state index contributed by atoms with van der Waals surface area (Å²) in [6, 6.07) is 13.2. The monoisotopic (exact) mass is 549 g/mol. The molecule has 5 nitrogen and oxygen atoms in total. The van der Waals surface area contributed by atoms with E-state index in [0.717, 1.165) is 27.7 Å². The quantitative estimate of drug-likeness (QED) is 0.354. The van der Waals surface area contributed by atoms with Crippen LogP contribution in [0.4, 0.5) is 18.9 Å². The van der Waals surface area contributed by atoms with E-state index in [0.29, 0.717) is 22.7 Å². The van der Waals surface area contributed by atoms with Gasteiger partial charge in [-0.25, -0.2) is 4.79 Å². The zero-order chi connectivity index (χ0) is 25.5. The zero-order valence-electron chi connectivity index (χ0n) is 19.1. The van der Waals surface area contributed by atoms with E-state index in [2.05, 4.69) is 21.2 Å². The molecule has 0 aliphatic carbocycles. The molecule has 0 radical (unpaired) electrons. The molecule has 0 aromatic heterocycles. The third-order valence-electron chi connectivity index (χ3n) is 6.45. The predicted molar refractivity (Wildman–Crippen MR) is 129 cm³/mol. The third-order valence-corrected chi connectivity index (χ3v) is 7.14. The first-order chi connectivity index (χ1) is 16.6. The average Bonchev–Trinajstić information content (AvgIpc) is 2.83. The molecule has 3 atom stereocenters. The molecule has 0 saturated heterocycles. The van der Waals surface area contributed by atoms with E-state index >= 15 is 0 Å². The van der Waals surface area contributed by atoms with Crippen LogP contribution in [0.15, 0.2) is 59.1 Å². The van der Waals surface area contributed by atoms with Crippen molar-refractivity contribution in [1.29, 1.82) is 0 Å². The Morgan fingerprint density at radius 1 is 0.971 bits per heavy atom. The fraction of sp³-hybridized carbons (Fsp3) is 0.269. The van der Waals surface area contributed by atoms with E-state index < -0.39 is 23.8 Å². The van der Waals surface area contributed by atoms with Gasteiger partial charge in [-0.3, -0.25) is 0 Å². The minimum atomic E-state index is -4.44. The van der Waals surface area contributed by atoms with Gasteiger partial charge in [-0.15, -0.1) is 0 Å². The molecule has 4 rings (SSSR count). The van der Waals surface area contributed by atoms with Crippen LogP contribution >= 0.6 is 15.9 Å². The van der Waals surface area contributed by atoms with Crippen molar-refractivity contribution in [2.45, 2.75) is 25.1 Å². The predicted octanol–water partition coefficient (Wildman–Crippen LogP) is 7.12. The summed E-state index contributed by atoms with van der Waals surface area (Å²) in [5.41, 5.74) is 2.01. The van der Waals surface area contributed by atoms with Gasteiger partial charge in [0.2, 0.25) is 0 Å². The Kier molecular flexibility index (Phi) is 6.73. The van der Waals surface area contributed by atoms with E-state index in [1.165, 1.54) is 32.4 Å². The van der Waals surface area contributed by atoms with E-state index in [1.54, 1.807) is 12.1 Å². The summed E-state index contributed by atoms with van der Waals surface area (Å²) in [6.07, 6.45) is -4.44. The molecule has 9 heteroatoms. The number of nitrogens with one attached hydrogen (secondary N) is 1. The number of halogens is 4. The maximum absolute atomic E-state index is 13.1. The third kappa shape index (κ3) is 4.57. The van der Waals surface area contributed by atoms with Crippen LogP contribution in [0.1, 0.15) is 51.5 Å². The van der Waals surface area contributed by atoms with Crippen LogP contribution in [0.2, 0.25) is 0 Å². The van der Waals surface area contributed by atoms with Crippen molar-refractivity contribution in [3.8, 4) is 11.5 Å². The number of hydrogen-bond acceptors (Lipinski definition) is 4. The van der Waals surface area contributed by atoms with Crippen LogP contribution in [0.5, 0.6) is 11.5 Å². The standard InChI is InChI=1S/C26H23BrF3NO4/c1-13-21(15-6-11-19(34-2)20(12-15)35-3)22-18(27)10-9-17(25(32)33)24(22)31-23(13)14-4-7-16(8-5-14)26(28,29)30/h4-13,21,23,31H,1-3H3,(H,32,33)/t13-,21+,23-/m1/s1. The summed E-state index contributed by atoms with van der Waals surface area (Å²) < 4.78 is 51.0. The lowest BCUT2D eigenvalue weighted by atomic mass is 9.72. The Labute approximate surface area is 209 Å². The van der Waals surface area contributed by atoms with Crippen molar-refractivity contribution in [2.24, 2.45) is 5.92 Å². The Morgan fingerprint density at radius 3 is 2.17 bits per heavy atom. The van der Waals surface area contributed by atoms with Gasteiger partial charge < -0.3 is 19.9 Å². The lowest BCUT2D eigenvalue weighted by Gasteiger charge is -2.41. The van der Waals surface area contributed by atoms with Crippen LogP contribution in [0.25, 0.3) is 0 Å². The van der Waals surface area contributed by atoms with Crippen LogP contribution in [0, 0.1) is 5.92 Å². The summed E-state index contributed by atoms with van der Waals surface area (Å²) >= 11 is 3.59. The molecule has 0 bridgehead atoms. The van der Waals surface area contributed by atoms with Crippen LogP contribution in [-0.4, -0.2) is 25.3 Å². The highest BCUT2D eigenvalue weighted by atomic mass is 79.9. The summed E-state index contributed by atoms with van der Waals surface area (Å²) in [4.78, 5) is 12.1.